The summed E-state index contributed by atoms with van der Waals surface area (Å²) in [6, 6.07) is 1.82. The molecule has 2 aliphatic rings. The van der Waals surface area contributed by atoms with E-state index in [1.54, 1.807) is 12.4 Å². The van der Waals surface area contributed by atoms with Gasteiger partial charge in [0, 0.05) is 38.3 Å². The third-order valence-electron chi connectivity index (χ3n) is 2.68. The highest BCUT2D eigenvalue weighted by atomic mass is 17.4. The summed E-state index contributed by atoms with van der Waals surface area (Å²) in [6.07, 6.45) is 5.31. The minimum Gasteiger partial charge on any atom is -0.340 e. The number of aromatic nitrogens is 2. The summed E-state index contributed by atoms with van der Waals surface area (Å²) >= 11 is 0. The highest BCUT2D eigenvalue weighted by Crippen LogP contribution is 2.40. The lowest BCUT2D eigenvalue weighted by Crippen LogP contribution is -2.38. The van der Waals surface area contributed by atoms with Crippen molar-refractivity contribution >= 4 is 5.95 Å². The quantitative estimate of drug-likeness (QED) is 0.486. The van der Waals surface area contributed by atoms with Crippen molar-refractivity contribution in [3.05, 3.63) is 18.5 Å². The molecule has 2 aliphatic heterocycles. The van der Waals surface area contributed by atoms with Crippen molar-refractivity contribution in [3.63, 3.8) is 0 Å². The number of anilines is 1. The molecule has 1 spiro atoms. The summed E-state index contributed by atoms with van der Waals surface area (Å²) in [5.74, 6) is 0.536. The average molecular weight is 193 g/mol. The summed E-state index contributed by atoms with van der Waals surface area (Å²) in [7, 11) is 0. The molecule has 5 nitrogen and oxygen atoms in total. The fraction of sp³-hybridized carbons (Fsp3) is 0.556. The molecule has 0 aliphatic carbocycles. The van der Waals surface area contributed by atoms with E-state index in [9.17, 15) is 0 Å². The Kier molecular flexibility index (Phi) is 1.68. The van der Waals surface area contributed by atoms with Crippen molar-refractivity contribution in [1.82, 2.24) is 9.97 Å². The van der Waals surface area contributed by atoms with E-state index in [0.29, 0.717) is 0 Å². The maximum Gasteiger partial charge on any atom is 0.237 e. The largest absolute Gasteiger partial charge is 0.340 e. The summed E-state index contributed by atoms with van der Waals surface area (Å²) in [5.41, 5.74) is 0. The fourth-order valence-electron chi connectivity index (χ4n) is 1.73. The summed E-state index contributed by atoms with van der Waals surface area (Å²) in [4.78, 5) is 20.5. The summed E-state index contributed by atoms with van der Waals surface area (Å²) in [6.45, 7) is 1.79. The molecule has 0 bridgehead atoms. The zero-order valence-corrected chi connectivity index (χ0v) is 7.72. The molecule has 3 rings (SSSR count). The SMILES string of the molecule is c1cnc(N2CCC3(CC2)OO3)nc1. The number of rotatable bonds is 1. The smallest absolute Gasteiger partial charge is 0.237 e. The first-order valence-corrected chi connectivity index (χ1v) is 4.77. The number of piperidine rings is 1. The molecule has 2 saturated heterocycles. The lowest BCUT2D eigenvalue weighted by molar-refractivity contribution is 0.0850. The topological polar surface area (TPSA) is 54.1 Å². The van der Waals surface area contributed by atoms with Crippen LogP contribution in [-0.2, 0) is 9.78 Å². The van der Waals surface area contributed by atoms with E-state index < -0.39 is 0 Å². The predicted molar refractivity (Wildman–Crippen MR) is 48.4 cm³/mol. The van der Waals surface area contributed by atoms with Crippen molar-refractivity contribution in [3.8, 4) is 0 Å². The summed E-state index contributed by atoms with van der Waals surface area (Å²) in [5, 5.41) is 0. The Morgan fingerprint density at radius 2 is 1.79 bits per heavy atom. The van der Waals surface area contributed by atoms with Gasteiger partial charge in [0.15, 0.2) is 0 Å². The maximum atomic E-state index is 4.95. The van der Waals surface area contributed by atoms with Crippen LogP contribution in [0.4, 0.5) is 5.95 Å². The Balaban J connectivity index is 1.70. The molecule has 74 valence electrons. The van der Waals surface area contributed by atoms with Crippen LogP contribution in [0.25, 0.3) is 0 Å². The minimum absolute atomic E-state index is 0.259. The van der Waals surface area contributed by atoms with E-state index in [0.717, 1.165) is 31.9 Å². The van der Waals surface area contributed by atoms with Crippen LogP contribution >= 0.6 is 0 Å². The highest BCUT2D eigenvalue weighted by molar-refractivity contribution is 5.29. The molecule has 0 radical (unpaired) electrons. The van der Waals surface area contributed by atoms with Crippen LogP contribution in [0.3, 0.4) is 0 Å². The second-order valence-electron chi connectivity index (χ2n) is 3.61. The molecule has 0 unspecified atom stereocenters. The zero-order chi connectivity index (χ0) is 9.43. The Labute approximate surface area is 81.6 Å². The summed E-state index contributed by atoms with van der Waals surface area (Å²) < 4.78 is 0. The predicted octanol–water partition coefficient (Wildman–Crippen LogP) is 0.735. The third-order valence-corrected chi connectivity index (χ3v) is 2.68. The molecule has 0 atom stereocenters. The van der Waals surface area contributed by atoms with Gasteiger partial charge < -0.3 is 4.90 Å². The van der Waals surface area contributed by atoms with Gasteiger partial charge in [0.25, 0.3) is 0 Å². The van der Waals surface area contributed by atoms with Gasteiger partial charge in [0.05, 0.1) is 0 Å². The second kappa shape index (κ2) is 2.90. The monoisotopic (exact) mass is 193 g/mol. The number of nitrogens with zero attached hydrogens (tertiary/aromatic N) is 3. The molecule has 0 aromatic carbocycles. The van der Waals surface area contributed by atoms with Gasteiger partial charge in [-0.15, -0.1) is 0 Å². The van der Waals surface area contributed by atoms with Gasteiger partial charge >= 0.3 is 0 Å². The molecule has 0 N–H and O–H groups in total. The number of hydrogen-bond donors (Lipinski definition) is 0. The molecule has 2 fully saturated rings. The zero-order valence-electron chi connectivity index (χ0n) is 7.72. The molecule has 0 amide bonds. The van der Waals surface area contributed by atoms with Crippen molar-refractivity contribution < 1.29 is 9.78 Å². The van der Waals surface area contributed by atoms with Crippen LogP contribution in [0.5, 0.6) is 0 Å². The van der Waals surface area contributed by atoms with Crippen LogP contribution in [0.2, 0.25) is 0 Å². The molecule has 5 heteroatoms. The van der Waals surface area contributed by atoms with Crippen molar-refractivity contribution in [1.29, 1.82) is 0 Å². The Hall–Kier alpha value is -1.20. The van der Waals surface area contributed by atoms with Crippen LogP contribution in [0.15, 0.2) is 18.5 Å². The molecular formula is C9H11N3O2. The molecule has 0 saturated carbocycles. The minimum atomic E-state index is -0.259. The van der Waals surface area contributed by atoms with Gasteiger partial charge in [-0.1, -0.05) is 0 Å². The van der Waals surface area contributed by atoms with Crippen molar-refractivity contribution in [2.45, 2.75) is 18.6 Å². The third kappa shape index (κ3) is 1.34. The van der Waals surface area contributed by atoms with Crippen LogP contribution in [-0.4, -0.2) is 28.8 Å². The molecular weight excluding hydrogens is 182 g/mol. The average Bonchev–Trinajstić information content (AvgIpc) is 3.01. The van der Waals surface area contributed by atoms with Gasteiger partial charge in [0.2, 0.25) is 11.7 Å². The van der Waals surface area contributed by atoms with Gasteiger partial charge in [-0.2, -0.15) is 9.78 Å². The fourth-order valence-corrected chi connectivity index (χ4v) is 1.73. The first kappa shape index (κ1) is 8.14. The normalized spacial score (nSPS) is 23.9. The molecule has 1 aromatic rings. The van der Waals surface area contributed by atoms with E-state index in [2.05, 4.69) is 14.9 Å². The van der Waals surface area contributed by atoms with E-state index in [4.69, 9.17) is 9.78 Å². The Morgan fingerprint density at radius 3 is 2.36 bits per heavy atom. The molecule has 1 aromatic heterocycles. The first-order chi connectivity index (χ1) is 6.88. The van der Waals surface area contributed by atoms with E-state index in [1.807, 2.05) is 6.07 Å². The second-order valence-corrected chi connectivity index (χ2v) is 3.61. The Morgan fingerprint density at radius 1 is 1.14 bits per heavy atom. The van der Waals surface area contributed by atoms with E-state index in [-0.39, 0.29) is 5.79 Å². The van der Waals surface area contributed by atoms with Crippen LogP contribution in [0.1, 0.15) is 12.8 Å². The van der Waals surface area contributed by atoms with Crippen LogP contribution < -0.4 is 4.90 Å². The molecule has 3 heterocycles. The van der Waals surface area contributed by atoms with Crippen molar-refractivity contribution in [2.75, 3.05) is 18.0 Å². The maximum absolute atomic E-state index is 4.95. The number of hydrogen-bond acceptors (Lipinski definition) is 5. The lowest BCUT2D eigenvalue weighted by atomic mass is 10.1. The van der Waals surface area contributed by atoms with Crippen LogP contribution in [0, 0.1) is 0 Å². The van der Waals surface area contributed by atoms with Crippen molar-refractivity contribution in [2.24, 2.45) is 0 Å². The van der Waals surface area contributed by atoms with Gasteiger partial charge in [-0.3, -0.25) is 0 Å². The Bertz CT molecular complexity index is 316. The highest BCUT2D eigenvalue weighted by Gasteiger charge is 2.51. The lowest BCUT2D eigenvalue weighted by Gasteiger charge is -2.27. The first-order valence-electron chi connectivity index (χ1n) is 4.77. The van der Waals surface area contributed by atoms with Gasteiger partial charge in [-0.25, -0.2) is 9.97 Å². The standard InChI is InChI=1S/C9H11N3O2/c1-4-10-8(11-5-1)12-6-2-9(3-7-12)13-14-9/h1,4-5H,2-3,6-7H2. The molecule has 14 heavy (non-hydrogen) atoms. The van der Waals surface area contributed by atoms with Gasteiger partial charge in [-0.05, 0) is 6.07 Å². The van der Waals surface area contributed by atoms with Gasteiger partial charge in [0.1, 0.15) is 0 Å². The van der Waals surface area contributed by atoms with E-state index >= 15 is 0 Å². The van der Waals surface area contributed by atoms with E-state index in [1.165, 1.54) is 0 Å².